The molecule has 104 valence electrons. The summed E-state index contributed by atoms with van der Waals surface area (Å²) in [5, 5.41) is 3.03. The number of amides is 1. The summed E-state index contributed by atoms with van der Waals surface area (Å²) < 4.78 is 7.15. The van der Waals surface area contributed by atoms with Crippen LogP contribution in [0, 0.1) is 5.41 Å². The summed E-state index contributed by atoms with van der Waals surface area (Å²) in [7, 11) is 0. The molecule has 19 heavy (non-hydrogen) atoms. The van der Waals surface area contributed by atoms with Crippen LogP contribution in [0.1, 0.15) is 30.1 Å². The maximum atomic E-state index is 12.1. The van der Waals surface area contributed by atoms with E-state index in [2.05, 4.69) is 44.1 Å². The van der Waals surface area contributed by atoms with Gasteiger partial charge < -0.3 is 10.1 Å². The zero-order valence-electron chi connectivity index (χ0n) is 10.8. The third-order valence-electron chi connectivity index (χ3n) is 3.50. The summed E-state index contributed by atoms with van der Waals surface area (Å²) in [5.74, 6) is -0.0327. The fourth-order valence-corrected chi connectivity index (χ4v) is 3.42. The van der Waals surface area contributed by atoms with Gasteiger partial charge in [-0.05, 0) is 36.5 Å². The van der Waals surface area contributed by atoms with Gasteiger partial charge in [0.05, 0.1) is 0 Å². The SMILES string of the molecule is CC1(CNC(=O)c2cc(Br)cc(Br)c2)CCOCC1. The molecule has 1 heterocycles. The van der Waals surface area contributed by atoms with Crippen molar-refractivity contribution in [1.82, 2.24) is 5.32 Å². The Morgan fingerprint density at radius 2 is 1.84 bits per heavy atom. The zero-order valence-corrected chi connectivity index (χ0v) is 14.0. The maximum Gasteiger partial charge on any atom is 0.251 e. The molecule has 1 aromatic carbocycles. The van der Waals surface area contributed by atoms with Gasteiger partial charge in [-0.2, -0.15) is 0 Å². The van der Waals surface area contributed by atoms with Gasteiger partial charge in [-0.25, -0.2) is 0 Å². The molecule has 1 fully saturated rings. The van der Waals surface area contributed by atoms with Gasteiger partial charge in [-0.15, -0.1) is 0 Å². The van der Waals surface area contributed by atoms with Gasteiger partial charge in [-0.1, -0.05) is 38.8 Å². The number of carbonyl (C=O) groups excluding carboxylic acids is 1. The quantitative estimate of drug-likeness (QED) is 0.853. The van der Waals surface area contributed by atoms with E-state index in [0.717, 1.165) is 35.0 Å². The lowest BCUT2D eigenvalue weighted by atomic mass is 9.82. The van der Waals surface area contributed by atoms with Gasteiger partial charge in [0.15, 0.2) is 0 Å². The maximum absolute atomic E-state index is 12.1. The summed E-state index contributed by atoms with van der Waals surface area (Å²) in [4.78, 5) is 12.1. The van der Waals surface area contributed by atoms with Crippen LogP contribution in [0.2, 0.25) is 0 Å². The second-order valence-electron chi connectivity index (χ2n) is 5.26. The van der Waals surface area contributed by atoms with E-state index >= 15 is 0 Å². The molecule has 1 saturated heterocycles. The van der Waals surface area contributed by atoms with E-state index in [4.69, 9.17) is 4.74 Å². The van der Waals surface area contributed by atoms with Crippen LogP contribution in [0.4, 0.5) is 0 Å². The highest BCUT2D eigenvalue weighted by Gasteiger charge is 2.27. The summed E-state index contributed by atoms with van der Waals surface area (Å²) in [6.45, 7) is 4.47. The highest BCUT2D eigenvalue weighted by atomic mass is 79.9. The monoisotopic (exact) mass is 389 g/mol. The van der Waals surface area contributed by atoms with Crippen LogP contribution in [0.3, 0.4) is 0 Å². The fourth-order valence-electron chi connectivity index (χ4n) is 2.12. The van der Waals surface area contributed by atoms with Crippen molar-refractivity contribution in [2.24, 2.45) is 5.41 Å². The number of ether oxygens (including phenoxy) is 1. The summed E-state index contributed by atoms with van der Waals surface area (Å²) in [5.41, 5.74) is 0.814. The van der Waals surface area contributed by atoms with Crippen molar-refractivity contribution in [2.45, 2.75) is 19.8 Å². The molecule has 1 aromatic rings. The van der Waals surface area contributed by atoms with E-state index in [1.807, 2.05) is 18.2 Å². The Morgan fingerprint density at radius 1 is 1.26 bits per heavy atom. The minimum Gasteiger partial charge on any atom is -0.381 e. The Morgan fingerprint density at radius 3 is 2.42 bits per heavy atom. The molecule has 0 aromatic heterocycles. The Balaban J connectivity index is 1.97. The summed E-state index contributed by atoms with van der Waals surface area (Å²) in [6, 6.07) is 5.56. The first-order valence-electron chi connectivity index (χ1n) is 6.31. The van der Waals surface area contributed by atoms with Crippen LogP contribution in [0.15, 0.2) is 27.1 Å². The first kappa shape index (κ1) is 15.0. The Kier molecular flexibility index (Phi) is 5.03. The van der Waals surface area contributed by atoms with E-state index in [9.17, 15) is 4.79 Å². The molecule has 0 unspecified atom stereocenters. The van der Waals surface area contributed by atoms with Crippen LogP contribution >= 0.6 is 31.9 Å². The van der Waals surface area contributed by atoms with Crippen LogP contribution in [-0.2, 0) is 4.74 Å². The first-order chi connectivity index (χ1) is 8.98. The van der Waals surface area contributed by atoms with Crippen molar-refractivity contribution >= 4 is 37.8 Å². The lowest BCUT2D eigenvalue weighted by Crippen LogP contribution is -2.39. The van der Waals surface area contributed by atoms with Crippen molar-refractivity contribution < 1.29 is 9.53 Å². The molecule has 5 heteroatoms. The predicted octanol–water partition coefficient (Wildman–Crippen LogP) is 3.76. The van der Waals surface area contributed by atoms with Gasteiger partial charge in [0, 0.05) is 34.3 Å². The molecule has 2 rings (SSSR count). The molecule has 0 aliphatic carbocycles. The molecule has 0 radical (unpaired) electrons. The number of hydrogen-bond acceptors (Lipinski definition) is 2. The molecule has 1 aliphatic rings. The highest BCUT2D eigenvalue weighted by molar-refractivity contribution is 9.11. The minimum absolute atomic E-state index is 0.0327. The smallest absolute Gasteiger partial charge is 0.251 e. The van der Waals surface area contributed by atoms with Crippen LogP contribution in [0.25, 0.3) is 0 Å². The normalized spacial score (nSPS) is 18.1. The average molecular weight is 391 g/mol. The molecule has 0 bridgehead atoms. The third-order valence-corrected chi connectivity index (χ3v) is 4.42. The molecular formula is C14H17Br2NO2. The largest absolute Gasteiger partial charge is 0.381 e. The molecule has 0 saturated carbocycles. The first-order valence-corrected chi connectivity index (χ1v) is 7.89. The predicted molar refractivity (Wildman–Crippen MR) is 82.3 cm³/mol. The molecule has 1 amide bonds. The Labute approximate surface area is 130 Å². The second-order valence-corrected chi connectivity index (χ2v) is 7.10. The van der Waals surface area contributed by atoms with E-state index in [-0.39, 0.29) is 11.3 Å². The van der Waals surface area contributed by atoms with Gasteiger partial charge in [0.1, 0.15) is 0 Å². The van der Waals surface area contributed by atoms with Crippen LogP contribution < -0.4 is 5.32 Å². The molecular weight excluding hydrogens is 374 g/mol. The zero-order chi connectivity index (χ0) is 13.9. The van der Waals surface area contributed by atoms with Crippen LogP contribution in [-0.4, -0.2) is 25.7 Å². The molecule has 1 aliphatic heterocycles. The lowest BCUT2D eigenvalue weighted by Gasteiger charge is -2.33. The number of halogens is 2. The average Bonchev–Trinajstić information content (AvgIpc) is 2.36. The van der Waals surface area contributed by atoms with E-state index in [1.54, 1.807) is 0 Å². The van der Waals surface area contributed by atoms with E-state index in [0.29, 0.717) is 12.1 Å². The minimum atomic E-state index is -0.0327. The molecule has 0 spiro atoms. The van der Waals surface area contributed by atoms with Gasteiger partial charge in [0.25, 0.3) is 5.91 Å². The fraction of sp³-hybridized carbons (Fsp3) is 0.500. The van der Waals surface area contributed by atoms with Gasteiger partial charge in [-0.3, -0.25) is 4.79 Å². The van der Waals surface area contributed by atoms with Crippen molar-refractivity contribution in [1.29, 1.82) is 0 Å². The summed E-state index contributed by atoms with van der Waals surface area (Å²) in [6.07, 6.45) is 1.99. The van der Waals surface area contributed by atoms with Crippen molar-refractivity contribution in [3.05, 3.63) is 32.7 Å². The Bertz CT molecular complexity index is 450. The third kappa shape index (κ3) is 4.29. The standard InChI is InChI=1S/C14H17Br2NO2/c1-14(2-4-19-5-3-14)9-17-13(18)10-6-11(15)8-12(16)7-10/h6-8H,2-5,9H2,1H3,(H,17,18). The topological polar surface area (TPSA) is 38.3 Å². The molecule has 3 nitrogen and oxygen atoms in total. The number of rotatable bonds is 3. The number of carbonyl (C=O) groups is 1. The van der Waals surface area contributed by atoms with Gasteiger partial charge in [0.2, 0.25) is 0 Å². The van der Waals surface area contributed by atoms with Crippen molar-refractivity contribution in [3.63, 3.8) is 0 Å². The summed E-state index contributed by atoms with van der Waals surface area (Å²) >= 11 is 6.79. The highest BCUT2D eigenvalue weighted by Crippen LogP contribution is 2.29. The molecule has 1 N–H and O–H groups in total. The van der Waals surface area contributed by atoms with E-state index in [1.165, 1.54) is 0 Å². The van der Waals surface area contributed by atoms with Crippen molar-refractivity contribution in [3.8, 4) is 0 Å². The number of nitrogens with one attached hydrogen (secondary N) is 1. The number of benzene rings is 1. The molecule has 0 atom stereocenters. The second kappa shape index (κ2) is 6.37. The Hall–Kier alpha value is -0.390. The van der Waals surface area contributed by atoms with Crippen LogP contribution in [0.5, 0.6) is 0 Å². The van der Waals surface area contributed by atoms with Crippen molar-refractivity contribution in [2.75, 3.05) is 19.8 Å². The number of hydrogen-bond donors (Lipinski definition) is 1. The van der Waals surface area contributed by atoms with E-state index < -0.39 is 0 Å². The van der Waals surface area contributed by atoms with Gasteiger partial charge >= 0.3 is 0 Å². The lowest BCUT2D eigenvalue weighted by molar-refractivity contribution is 0.0238.